The Morgan fingerprint density at radius 1 is 0.903 bits per heavy atom. The third kappa shape index (κ3) is 4.07. The maximum absolute atomic E-state index is 12.4. The van der Waals surface area contributed by atoms with Gasteiger partial charge >= 0.3 is 0 Å². The Kier molecular flexibility index (Phi) is 5.70. The molecule has 3 heterocycles. The van der Waals surface area contributed by atoms with Crippen LogP contribution in [0.15, 0.2) is 89.9 Å². The predicted molar refractivity (Wildman–Crippen MR) is 114 cm³/mol. The molecule has 0 saturated carbocycles. The molecular weight excluding hydrogens is 394 g/mol. The van der Waals surface area contributed by atoms with E-state index in [0.717, 1.165) is 11.1 Å². The van der Waals surface area contributed by atoms with Crippen molar-refractivity contribution in [3.63, 3.8) is 0 Å². The fourth-order valence-electron chi connectivity index (χ4n) is 4.29. The van der Waals surface area contributed by atoms with E-state index in [1.165, 1.54) is 6.07 Å². The van der Waals surface area contributed by atoms with Crippen molar-refractivity contribution in [1.29, 1.82) is 0 Å². The Labute approximate surface area is 180 Å². The average molecular weight is 419 g/mol. The van der Waals surface area contributed by atoms with Crippen LogP contribution < -0.4 is 5.56 Å². The normalized spacial score (nSPS) is 26.9. The van der Waals surface area contributed by atoms with Gasteiger partial charge in [0, 0.05) is 12.3 Å². The van der Waals surface area contributed by atoms with E-state index in [-0.39, 0.29) is 17.8 Å². The minimum absolute atomic E-state index is 0.134. The van der Waals surface area contributed by atoms with Crippen LogP contribution in [-0.4, -0.2) is 35.6 Å². The Balaban J connectivity index is 1.36. The number of ether oxygens (including phenoxy) is 4. The van der Waals surface area contributed by atoms with Crippen molar-refractivity contribution in [2.75, 3.05) is 13.2 Å². The molecule has 2 bridgehead atoms. The highest BCUT2D eigenvalue weighted by Crippen LogP contribution is 2.46. The van der Waals surface area contributed by atoms with Gasteiger partial charge in [0.2, 0.25) is 0 Å². The third-order valence-electron chi connectivity index (χ3n) is 5.83. The lowest BCUT2D eigenvalue weighted by Crippen LogP contribution is -2.46. The number of hydrogen-bond donors (Lipinski definition) is 0. The molecule has 1 aromatic heterocycles. The molecule has 6 heteroatoms. The van der Waals surface area contributed by atoms with Crippen LogP contribution >= 0.6 is 0 Å². The lowest BCUT2D eigenvalue weighted by atomic mass is 10.00. The number of benzene rings is 2. The van der Waals surface area contributed by atoms with Crippen molar-refractivity contribution in [3.8, 4) is 0 Å². The zero-order valence-electron chi connectivity index (χ0n) is 17.1. The van der Waals surface area contributed by atoms with Crippen LogP contribution in [0.1, 0.15) is 17.4 Å². The quantitative estimate of drug-likeness (QED) is 0.561. The van der Waals surface area contributed by atoms with Crippen molar-refractivity contribution in [2.24, 2.45) is 0 Å². The van der Waals surface area contributed by atoms with E-state index in [4.69, 9.17) is 18.9 Å². The zero-order valence-corrected chi connectivity index (χ0v) is 17.1. The topological polar surface area (TPSA) is 58.9 Å². The number of fused-ring (bicyclic) bond motifs is 2. The van der Waals surface area contributed by atoms with Gasteiger partial charge in [-0.25, -0.2) is 0 Å². The summed E-state index contributed by atoms with van der Waals surface area (Å²) in [6.45, 7) is 1.59. The second-order valence-corrected chi connectivity index (χ2v) is 7.99. The first kappa shape index (κ1) is 20.2. The number of nitrogens with zero attached hydrogens (tertiary/aromatic N) is 1. The Morgan fingerprint density at radius 2 is 1.58 bits per heavy atom. The first-order chi connectivity index (χ1) is 15.3. The van der Waals surface area contributed by atoms with Gasteiger partial charge in [-0.1, -0.05) is 66.7 Å². The molecule has 4 atom stereocenters. The molecular formula is C25H25NO5. The predicted octanol–water partition coefficient (Wildman–Crippen LogP) is 3.32. The van der Waals surface area contributed by atoms with E-state index in [2.05, 4.69) is 0 Å². The number of hydrogen-bond acceptors (Lipinski definition) is 5. The van der Waals surface area contributed by atoms with E-state index in [1.54, 1.807) is 16.8 Å². The largest absolute Gasteiger partial charge is 0.374 e. The first-order valence-electron chi connectivity index (χ1n) is 10.5. The summed E-state index contributed by atoms with van der Waals surface area (Å²) in [7, 11) is 0. The fraction of sp³-hybridized carbons (Fsp3) is 0.320. The summed E-state index contributed by atoms with van der Waals surface area (Å²) < 4.78 is 26.5. The molecule has 2 aromatic carbocycles. The van der Waals surface area contributed by atoms with E-state index >= 15 is 0 Å². The summed E-state index contributed by atoms with van der Waals surface area (Å²) >= 11 is 0. The molecule has 160 valence electrons. The van der Waals surface area contributed by atoms with Crippen molar-refractivity contribution in [3.05, 3.63) is 107 Å². The summed E-state index contributed by atoms with van der Waals surface area (Å²) in [4.78, 5) is 12.4. The Bertz CT molecular complexity index is 1050. The van der Waals surface area contributed by atoms with Gasteiger partial charge in [0.15, 0.2) is 6.23 Å². The summed E-state index contributed by atoms with van der Waals surface area (Å²) in [6.07, 6.45) is 0.442. The molecule has 2 aliphatic heterocycles. The molecule has 5 rings (SSSR count). The standard InChI is InChI=1S/C25H25NO5/c27-21-13-7-8-14-26(21)24-22-23(29-16-20-11-5-2-6-12-20)25(31-24,18-30-22)17-28-15-19-9-3-1-4-10-19/h1-14,22-24H,15-18H2. The monoisotopic (exact) mass is 419 g/mol. The molecule has 4 unspecified atom stereocenters. The van der Waals surface area contributed by atoms with Gasteiger partial charge < -0.3 is 18.9 Å². The highest BCUT2D eigenvalue weighted by Gasteiger charge is 2.63. The molecule has 0 aliphatic carbocycles. The van der Waals surface area contributed by atoms with Crippen LogP contribution in [0.3, 0.4) is 0 Å². The molecule has 0 spiro atoms. The van der Waals surface area contributed by atoms with Gasteiger partial charge in [0.25, 0.3) is 5.56 Å². The van der Waals surface area contributed by atoms with Gasteiger partial charge in [-0.2, -0.15) is 0 Å². The number of aromatic nitrogens is 1. The molecule has 2 aliphatic rings. The van der Waals surface area contributed by atoms with Crippen molar-refractivity contribution in [2.45, 2.75) is 37.3 Å². The molecule has 0 N–H and O–H groups in total. The molecule has 2 saturated heterocycles. The van der Waals surface area contributed by atoms with Crippen LogP contribution in [-0.2, 0) is 32.2 Å². The zero-order chi connectivity index (χ0) is 21.1. The van der Waals surface area contributed by atoms with Crippen LogP contribution in [0.4, 0.5) is 0 Å². The Morgan fingerprint density at radius 3 is 2.29 bits per heavy atom. The van der Waals surface area contributed by atoms with Gasteiger partial charge in [-0.15, -0.1) is 0 Å². The van der Waals surface area contributed by atoms with E-state index < -0.39 is 11.8 Å². The smallest absolute Gasteiger partial charge is 0.252 e. The molecule has 2 fully saturated rings. The second-order valence-electron chi connectivity index (χ2n) is 7.99. The summed E-state index contributed by atoms with van der Waals surface area (Å²) in [5.41, 5.74) is 1.26. The summed E-state index contributed by atoms with van der Waals surface area (Å²) in [5.74, 6) is 0. The Hall–Kier alpha value is -2.77. The number of rotatable bonds is 8. The van der Waals surface area contributed by atoms with Crippen molar-refractivity contribution in [1.82, 2.24) is 4.57 Å². The van der Waals surface area contributed by atoms with Gasteiger partial charge in [-0.3, -0.25) is 9.36 Å². The van der Waals surface area contributed by atoms with Crippen LogP contribution in [0.25, 0.3) is 0 Å². The van der Waals surface area contributed by atoms with Crippen molar-refractivity contribution >= 4 is 0 Å². The van der Waals surface area contributed by atoms with E-state index in [1.807, 2.05) is 66.7 Å². The van der Waals surface area contributed by atoms with Crippen molar-refractivity contribution < 1.29 is 18.9 Å². The molecule has 0 amide bonds. The SMILES string of the molecule is O=c1ccccn1C1OC2(COCc3ccccc3)COC1C2OCc1ccccc1. The van der Waals surface area contributed by atoms with E-state index in [0.29, 0.717) is 26.4 Å². The van der Waals surface area contributed by atoms with Gasteiger partial charge in [0.1, 0.15) is 17.8 Å². The van der Waals surface area contributed by atoms with E-state index in [9.17, 15) is 4.79 Å². The molecule has 31 heavy (non-hydrogen) atoms. The molecule has 0 radical (unpaired) electrons. The van der Waals surface area contributed by atoms with Crippen LogP contribution in [0.5, 0.6) is 0 Å². The first-order valence-corrected chi connectivity index (χ1v) is 10.5. The highest BCUT2D eigenvalue weighted by molar-refractivity contribution is 5.16. The third-order valence-corrected chi connectivity index (χ3v) is 5.83. The minimum Gasteiger partial charge on any atom is -0.374 e. The second kappa shape index (κ2) is 8.77. The van der Waals surface area contributed by atoms with Crippen LogP contribution in [0, 0.1) is 0 Å². The molecule has 6 nitrogen and oxygen atoms in total. The average Bonchev–Trinajstić information content (AvgIpc) is 3.31. The van der Waals surface area contributed by atoms with Gasteiger partial charge in [0.05, 0.1) is 26.4 Å². The lowest BCUT2D eigenvalue weighted by molar-refractivity contribution is -0.196. The minimum atomic E-state index is -0.770. The maximum Gasteiger partial charge on any atom is 0.252 e. The number of pyridine rings is 1. The maximum atomic E-state index is 12.4. The highest BCUT2D eigenvalue weighted by atomic mass is 16.7. The molecule has 3 aromatic rings. The fourth-order valence-corrected chi connectivity index (χ4v) is 4.29. The van der Waals surface area contributed by atoms with Gasteiger partial charge in [-0.05, 0) is 17.2 Å². The van der Waals surface area contributed by atoms with Crippen LogP contribution in [0.2, 0.25) is 0 Å². The summed E-state index contributed by atoms with van der Waals surface area (Å²) in [6, 6.07) is 25.1. The lowest BCUT2D eigenvalue weighted by Gasteiger charge is -2.31. The summed E-state index contributed by atoms with van der Waals surface area (Å²) in [5, 5.41) is 0.